The van der Waals surface area contributed by atoms with Crippen LogP contribution in [0.2, 0.25) is 0 Å². The molecule has 27 heavy (non-hydrogen) atoms. The standard InChI is InChI=1S/C21H17FN2O2S/c22-17-11-5-7-13-19(17)27-14-20(25)24-18-12-6-4-10-16(18)21(26)23-15-8-2-1-3-9-15/h1-13H,14H2,(H,23,26)(H,24,25). The number of nitrogens with one attached hydrogen (secondary N) is 2. The quantitative estimate of drug-likeness (QED) is 0.604. The molecule has 4 nitrogen and oxygen atoms in total. The van der Waals surface area contributed by atoms with Crippen molar-refractivity contribution in [2.75, 3.05) is 16.4 Å². The van der Waals surface area contributed by atoms with Crippen molar-refractivity contribution >= 4 is 35.0 Å². The second-order valence-corrected chi connectivity index (χ2v) is 6.65. The lowest BCUT2D eigenvalue weighted by molar-refractivity contribution is -0.113. The number of rotatable bonds is 6. The number of amides is 2. The van der Waals surface area contributed by atoms with E-state index < -0.39 is 0 Å². The van der Waals surface area contributed by atoms with Crippen LogP contribution in [0.1, 0.15) is 10.4 Å². The van der Waals surface area contributed by atoms with E-state index in [-0.39, 0.29) is 23.4 Å². The van der Waals surface area contributed by atoms with Gasteiger partial charge in [-0.2, -0.15) is 0 Å². The molecule has 0 aliphatic rings. The molecular weight excluding hydrogens is 363 g/mol. The van der Waals surface area contributed by atoms with Crippen molar-refractivity contribution in [2.45, 2.75) is 4.90 Å². The summed E-state index contributed by atoms with van der Waals surface area (Å²) >= 11 is 1.10. The van der Waals surface area contributed by atoms with Crippen LogP contribution >= 0.6 is 11.8 Å². The summed E-state index contributed by atoms with van der Waals surface area (Å²) in [6.07, 6.45) is 0. The van der Waals surface area contributed by atoms with E-state index in [1.54, 1.807) is 54.6 Å². The van der Waals surface area contributed by atoms with Crippen molar-refractivity contribution < 1.29 is 14.0 Å². The van der Waals surface area contributed by atoms with Gasteiger partial charge >= 0.3 is 0 Å². The Morgan fingerprint density at radius 2 is 1.48 bits per heavy atom. The first kappa shape index (κ1) is 18.7. The highest BCUT2D eigenvalue weighted by Gasteiger charge is 2.14. The van der Waals surface area contributed by atoms with Crippen molar-refractivity contribution in [1.29, 1.82) is 0 Å². The molecule has 3 aromatic carbocycles. The lowest BCUT2D eigenvalue weighted by Gasteiger charge is -2.11. The zero-order valence-electron chi connectivity index (χ0n) is 14.3. The van der Waals surface area contributed by atoms with E-state index >= 15 is 0 Å². The van der Waals surface area contributed by atoms with Gasteiger partial charge in [-0.3, -0.25) is 9.59 Å². The minimum Gasteiger partial charge on any atom is -0.325 e. The van der Waals surface area contributed by atoms with E-state index in [9.17, 15) is 14.0 Å². The van der Waals surface area contributed by atoms with Crippen molar-refractivity contribution in [3.05, 3.63) is 90.2 Å². The van der Waals surface area contributed by atoms with E-state index in [0.717, 1.165) is 11.8 Å². The fraction of sp³-hybridized carbons (Fsp3) is 0.0476. The molecule has 0 atom stereocenters. The Morgan fingerprint density at radius 1 is 0.815 bits per heavy atom. The summed E-state index contributed by atoms with van der Waals surface area (Å²) in [6.45, 7) is 0. The van der Waals surface area contributed by atoms with Crippen molar-refractivity contribution in [3.8, 4) is 0 Å². The average Bonchev–Trinajstić information content (AvgIpc) is 2.68. The topological polar surface area (TPSA) is 58.2 Å². The van der Waals surface area contributed by atoms with Crippen LogP contribution in [0.15, 0.2) is 83.8 Å². The second kappa shape index (κ2) is 9.00. The molecule has 2 amide bonds. The minimum atomic E-state index is -0.363. The lowest BCUT2D eigenvalue weighted by atomic mass is 10.1. The molecule has 0 aromatic heterocycles. The van der Waals surface area contributed by atoms with Crippen LogP contribution < -0.4 is 10.6 Å². The van der Waals surface area contributed by atoms with E-state index in [0.29, 0.717) is 21.8 Å². The van der Waals surface area contributed by atoms with Gasteiger partial charge in [0.25, 0.3) is 5.91 Å². The van der Waals surface area contributed by atoms with Gasteiger partial charge in [0.1, 0.15) is 5.82 Å². The molecule has 3 rings (SSSR count). The molecule has 0 aliphatic heterocycles. The molecule has 0 spiro atoms. The SMILES string of the molecule is O=C(CSc1ccccc1F)Nc1ccccc1C(=O)Nc1ccccc1. The number of benzene rings is 3. The minimum absolute atomic E-state index is 0.0373. The Labute approximate surface area is 160 Å². The normalized spacial score (nSPS) is 10.3. The van der Waals surface area contributed by atoms with Gasteiger partial charge in [-0.05, 0) is 36.4 Å². The molecule has 6 heteroatoms. The highest BCUT2D eigenvalue weighted by molar-refractivity contribution is 8.00. The maximum atomic E-state index is 13.6. The largest absolute Gasteiger partial charge is 0.325 e. The highest BCUT2D eigenvalue weighted by atomic mass is 32.2. The lowest BCUT2D eigenvalue weighted by Crippen LogP contribution is -2.19. The van der Waals surface area contributed by atoms with Crippen LogP contribution in [0, 0.1) is 5.82 Å². The maximum Gasteiger partial charge on any atom is 0.257 e. The van der Waals surface area contributed by atoms with Gasteiger partial charge in [0.05, 0.1) is 17.0 Å². The van der Waals surface area contributed by atoms with Crippen LogP contribution in [-0.2, 0) is 4.79 Å². The summed E-state index contributed by atoms with van der Waals surface area (Å²) in [4.78, 5) is 25.2. The molecule has 3 aromatic rings. The van der Waals surface area contributed by atoms with E-state index in [1.807, 2.05) is 18.2 Å². The van der Waals surface area contributed by atoms with Gasteiger partial charge in [0.2, 0.25) is 5.91 Å². The highest BCUT2D eigenvalue weighted by Crippen LogP contribution is 2.22. The third-order valence-electron chi connectivity index (χ3n) is 3.67. The summed E-state index contributed by atoms with van der Waals surface area (Å²) < 4.78 is 13.6. The first-order valence-corrected chi connectivity index (χ1v) is 9.24. The van der Waals surface area contributed by atoms with E-state index in [2.05, 4.69) is 10.6 Å². The number of carbonyl (C=O) groups is 2. The number of anilines is 2. The number of thioether (sulfide) groups is 1. The van der Waals surface area contributed by atoms with Gasteiger partial charge < -0.3 is 10.6 Å². The Kier molecular flexibility index (Phi) is 6.22. The smallest absolute Gasteiger partial charge is 0.257 e. The molecule has 0 aliphatic carbocycles. The van der Waals surface area contributed by atoms with Crippen molar-refractivity contribution in [1.82, 2.24) is 0 Å². The predicted molar refractivity (Wildman–Crippen MR) is 107 cm³/mol. The zero-order valence-corrected chi connectivity index (χ0v) is 15.1. The third-order valence-corrected chi connectivity index (χ3v) is 4.72. The Hall–Kier alpha value is -3.12. The second-order valence-electron chi connectivity index (χ2n) is 5.63. The molecule has 0 saturated carbocycles. The van der Waals surface area contributed by atoms with Crippen molar-refractivity contribution in [2.24, 2.45) is 0 Å². The Balaban J connectivity index is 1.66. The van der Waals surface area contributed by atoms with Gasteiger partial charge in [0, 0.05) is 10.6 Å². The van der Waals surface area contributed by atoms with Crippen LogP contribution in [0.4, 0.5) is 15.8 Å². The maximum absolute atomic E-state index is 13.6. The number of hydrogen-bond donors (Lipinski definition) is 2. The monoisotopic (exact) mass is 380 g/mol. The molecule has 136 valence electrons. The summed E-state index contributed by atoms with van der Waals surface area (Å²) in [6, 6.07) is 22.1. The Morgan fingerprint density at radius 3 is 2.26 bits per heavy atom. The molecule has 2 N–H and O–H groups in total. The number of hydrogen-bond acceptors (Lipinski definition) is 3. The van der Waals surface area contributed by atoms with E-state index in [1.165, 1.54) is 6.07 Å². The molecule has 0 bridgehead atoms. The van der Waals surface area contributed by atoms with Crippen molar-refractivity contribution in [3.63, 3.8) is 0 Å². The average molecular weight is 380 g/mol. The van der Waals surface area contributed by atoms with Gasteiger partial charge in [-0.1, -0.05) is 42.5 Å². The Bertz CT molecular complexity index is 948. The molecule has 0 radical (unpaired) electrons. The predicted octanol–water partition coefficient (Wildman–Crippen LogP) is 4.81. The first-order valence-electron chi connectivity index (χ1n) is 8.26. The van der Waals surface area contributed by atoms with Crippen LogP contribution in [0.3, 0.4) is 0 Å². The van der Waals surface area contributed by atoms with Gasteiger partial charge in [-0.25, -0.2) is 4.39 Å². The zero-order chi connectivity index (χ0) is 19.1. The summed E-state index contributed by atoms with van der Waals surface area (Å²) in [5, 5.41) is 5.52. The third kappa shape index (κ3) is 5.18. The van der Waals surface area contributed by atoms with Crippen LogP contribution in [0.5, 0.6) is 0 Å². The first-order chi connectivity index (χ1) is 13.1. The van der Waals surface area contributed by atoms with Gasteiger partial charge in [0.15, 0.2) is 0 Å². The number of carbonyl (C=O) groups excluding carboxylic acids is 2. The molecule has 0 heterocycles. The van der Waals surface area contributed by atoms with Crippen LogP contribution in [-0.4, -0.2) is 17.6 Å². The number of para-hydroxylation sites is 2. The fourth-order valence-corrected chi connectivity index (χ4v) is 3.14. The summed E-state index contributed by atoms with van der Waals surface area (Å²) in [7, 11) is 0. The van der Waals surface area contributed by atoms with Gasteiger partial charge in [-0.15, -0.1) is 11.8 Å². The molecular formula is C21H17FN2O2S. The molecule has 0 unspecified atom stereocenters. The molecule has 0 fully saturated rings. The fourth-order valence-electron chi connectivity index (χ4n) is 2.40. The summed E-state index contributed by atoms with van der Waals surface area (Å²) in [5.41, 5.74) is 1.43. The molecule has 0 saturated heterocycles. The number of halogens is 1. The summed E-state index contributed by atoms with van der Waals surface area (Å²) in [5.74, 6) is -0.963. The van der Waals surface area contributed by atoms with E-state index in [4.69, 9.17) is 0 Å². The van der Waals surface area contributed by atoms with Crippen LogP contribution in [0.25, 0.3) is 0 Å².